The quantitative estimate of drug-likeness (QED) is 0.419. The maximum absolute atomic E-state index is 9.75. The van der Waals surface area contributed by atoms with Crippen LogP contribution in [0.25, 0.3) is 0 Å². The molecule has 0 unspecified atom stereocenters. The minimum Gasteiger partial charge on any atom is -0.418 e. The van der Waals surface area contributed by atoms with Gasteiger partial charge in [0.2, 0.25) is 0 Å². The lowest BCUT2D eigenvalue weighted by Gasteiger charge is -1.94. The van der Waals surface area contributed by atoms with Crippen molar-refractivity contribution < 1.29 is 51.8 Å². The highest BCUT2D eigenvalue weighted by molar-refractivity contribution is 6.50. The molecule has 0 atom stereocenters. The highest BCUT2D eigenvalue weighted by Crippen LogP contribution is 2.26. The topological polar surface area (TPSA) is 0 Å². The van der Waals surface area contributed by atoms with E-state index >= 15 is 0 Å². The lowest BCUT2D eigenvalue weighted by molar-refractivity contribution is 0.366. The summed E-state index contributed by atoms with van der Waals surface area (Å²) < 4.78 is 117. The fourth-order valence-corrected chi connectivity index (χ4v) is 0.167. The molecule has 0 N–H and O–H groups in total. The van der Waals surface area contributed by atoms with Crippen LogP contribution in [0, 0.1) is 5.92 Å². The van der Waals surface area contributed by atoms with Gasteiger partial charge in [-0.1, -0.05) is 19.8 Å². The van der Waals surface area contributed by atoms with Crippen molar-refractivity contribution in [3.63, 3.8) is 0 Å². The predicted molar refractivity (Wildman–Crippen MR) is 49.0 cm³/mol. The molecule has 0 aliphatic heterocycles. The smallest absolute Gasteiger partial charge is 0.418 e. The van der Waals surface area contributed by atoms with Crippen LogP contribution in [0.15, 0.2) is 0 Å². The van der Waals surface area contributed by atoms with Gasteiger partial charge in [-0.3, -0.25) is 0 Å². The Kier molecular flexibility index (Phi) is 11.5. The van der Waals surface area contributed by atoms with E-state index in [0.717, 1.165) is 5.92 Å². The highest BCUT2D eigenvalue weighted by Gasteiger charge is 2.21. The van der Waals surface area contributed by atoms with Crippen LogP contribution in [0.2, 0.25) is 0 Å². The number of halogens is 12. The van der Waals surface area contributed by atoms with E-state index in [4.69, 9.17) is 0 Å². The third-order valence-electron chi connectivity index (χ3n) is 0.866. The summed E-state index contributed by atoms with van der Waals surface area (Å²) in [5, 5.41) is 0. The second-order valence-electron chi connectivity index (χ2n) is 3.17. The average molecular weight is 317 g/mol. The fraction of sp³-hybridized carbons (Fsp3) is 1.00. The van der Waals surface area contributed by atoms with Crippen LogP contribution in [0.5, 0.6) is 0 Å². The summed E-state index contributed by atoms with van der Waals surface area (Å²) in [5.74, 6) is 1.08. The van der Waals surface area contributed by atoms with Crippen molar-refractivity contribution in [2.24, 2.45) is 5.92 Å². The molecule has 0 spiro atoms. The number of rotatable bonds is 0. The summed E-state index contributed by atoms with van der Waals surface area (Å²) in [6, 6.07) is 0. The molecule has 1 fully saturated rings. The van der Waals surface area contributed by atoms with Gasteiger partial charge in [0.25, 0.3) is 0 Å². The first-order chi connectivity index (χ1) is 7.89. The van der Waals surface area contributed by atoms with Crippen molar-refractivity contribution >= 4 is 21.8 Å². The van der Waals surface area contributed by atoms with E-state index in [1.54, 1.807) is 0 Å². The Hall–Kier alpha value is -0.645. The summed E-state index contributed by atoms with van der Waals surface area (Å²) in [4.78, 5) is 0. The summed E-state index contributed by atoms with van der Waals surface area (Å²) >= 11 is 0. The molecule has 1 rings (SSSR count). The molecule has 0 saturated heterocycles. The van der Waals surface area contributed by atoms with E-state index < -0.39 is 21.8 Å². The second-order valence-corrected chi connectivity index (χ2v) is 3.17. The van der Waals surface area contributed by atoms with Gasteiger partial charge in [-0.15, -0.1) is 0 Å². The van der Waals surface area contributed by atoms with Gasteiger partial charge in [0.15, 0.2) is 0 Å². The largest absolute Gasteiger partial charge is 0.673 e. The minimum absolute atomic E-state index is 1.08. The van der Waals surface area contributed by atoms with E-state index in [1.165, 1.54) is 12.8 Å². The zero-order valence-electron chi connectivity index (χ0n) is 9.26. The van der Waals surface area contributed by atoms with Crippen molar-refractivity contribution in [2.45, 2.75) is 19.8 Å². The monoisotopic (exact) mass is 317 g/mol. The van der Waals surface area contributed by atoms with Crippen molar-refractivity contribution in [1.82, 2.24) is 0 Å². The molecule has 0 nitrogen and oxygen atoms in total. The molecule has 0 heterocycles. The molecule has 19 heavy (non-hydrogen) atoms. The normalized spacial score (nSPS) is 15.0. The van der Waals surface area contributed by atoms with Gasteiger partial charge in [-0.25, -0.2) is 0 Å². The van der Waals surface area contributed by atoms with Crippen LogP contribution in [0.4, 0.5) is 51.8 Å². The van der Waals surface area contributed by atoms with E-state index in [2.05, 4.69) is 6.92 Å². The summed E-state index contributed by atoms with van der Waals surface area (Å²) in [6.45, 7) is 2.28. The predicted octanol–water partition coefficient (Wildman–Crippen LogP) is 5.32. The van der Waals surface area contributed by atoms with Crippen LogP contribution in [-0.4, -0.2) is 21.8 Å². The van der Waals surface area contributed by atoms with Crippen molar-refractivity contribution in [3.8, 4) is 0 Å². The Bertz CT molecular complexity index is 154. The first-order valence-electron chi connectivity index (χ1n) is 4.51. The Morgan fingerprint density at radius 2 is 0.579 bits per heavy atom. The Balaban J connectivity index is -0.000000180. The Morgan fingerprint density at radius 1 is 0.526 bits per heavy atom. The number of hydrogen-bond acceptors (Lipinski definition) is 0. The molecule has 120 valence electrons. The molecule has 0 aromatic heterocycles. The molecule has 0 bridgehead atoms. The molecule has 15 heteroatoms. The summed E-state index contributed by atoms with van der Waals surface area (Å²) in [7, 11) is -18.0. The van der Waals surface area contributed by atoms with Gasteiger partial charge >= 0.3 is 21.8 Å². The first-order valence-corrected chi connectivity index (χ1v) is 4.51. The van der Waals surface area contributed by atoms with Gasteiger partial charge in [0, 0.05) is 0 Å². The fourth-order valence-electron chi connectivity index (χ4n) is 0.167. The van der Waals surface area contributed by atoms with Crippen LogP contribution < -0.4 is 0 Å². The zero-order chi connectivity index (χ0) is 16.5. The minimum atomic E-state index is -6.00. The summed E-state index contributed by atoms with van der Waals surface area (Å²) in [6.07, 6.45) is 2.97. The van der Waals surface area contributed by atoms with Crippen LogP contribution in [-0.2, 0) is 0 Å². The van der Waals surface area contributed by atoms with Gasteiger partial charge in [0.1, 0.15) is 0 Å². The van der Waals surface area contributed by atoms with Crippen LogP contribution in [0.3, 0.4) is 0 Å². The summed E-state index contributed by atoms with van der Waals surface area (Å²) in [5.41, 5.74) is 0. The Labute approximate surface area is 100 Å². The molecule has 0 aromatic carbocycles. The molecule has 0 aromatic rings. The molecular weight excluding hydrogens is 308 g/mol. The maximum atomic E-state index is 9.75. The van der Waals surface area contributed by atoms with E-state index in [0.29, 0.717) is 0 Å². The lowest BCUT2D eigenvalue weighted by Crippen LogP contribution is -2.02. The average Bonchev–Trinajstić information content (AvgIpc) is 2.57. The van der Waals surface area contributed by atoms with Crippen molar-refractivity contribution in [2.75, 3.05) is 0 Å². The SMILES string of the molecule is CC1CC1.F[B-](F)(F)F.F[B-](F)(F)F.F[B-](F)(F)F. The zero-order valence-corrected chi connectivity index (χ0v) is 9.26. The molecular formula is C4H8B3F12-3. The lowest BCUT2D eigenvalue weighted by atomic mass is 10.3. The Morgan fingerprint density at radius 3 is 0.579 bits per heavy atom. The van der Waals surface area contributed by atoms with Crippen molar-refractivity contribution in [1.29, 1.82) is 0 Å². The van der Waals surface area contributed by atoms with E-state index in [9.17, 15) is 51.8 Å². The highest BCUT2D eigenvalue weighted by atomic mass is 19.5. The van der Waals surface area contributed by atoms with Crippen molar-refractivity contribution in [3.05, 3.63) is 0 Å². The third kappa shape index (κ3) is 738. The molecule has 1 saturated carbocycles. The van der Waals surface area contributed by atoms with Gasteiger partial charge in [-0.2, -0.15) is 0 Å². The van der Waals surface area contributed by atoms with E-state index in [-0.39, 0.29) is 0 Å². The standard InChI is InChI=1S/C4H8.3BF4/c1-4-2-3-4;3*2-1(3,4)5/h4H,2-3H2,1H3;;;/q;3*-1. The van der Waals surface area contributed by atoms with Gasteiger partial charge in [0.05, 0.1) is 0 Å². The van der Waals surface area contributed by atoms with Crippen LogP contribution >= 0.6 is 0 Å². The van der Waals surface area contributed by atoms with Crippen LogP contribution in [0.1, 0.15) is 19.8 Å². The van der Waals surface area contributed by atoms with Gasteiger partial charge < -0.3 is 51.8 Å². The van der Waals surface area contributed by atoms with E-state index in [1.807, 2.05) is 0 Å². The maximum Gasteiger partial charge on any atom is 0.673 e. The number of hydrogen-bond donors (Lipinski definition) is 0. The second kappa shape index (κ2) is 9.29. The molecule has 0 radical (unpaired) electrons. The van der Waals surface area contributed by atoms with Gasteiger partial charge in [-0.05, 0) is 5.92 Å². The third-order valence-corrected chi connectivity index (χ3v) is 0.866. The molecule has 0 amide bonds. The molecule has 1 aliphatic carbocycles. The molecule has 1 aliphatic rings. The first kappa shape index (κ1) is 23.4.